The van der Waals surface area contributed by atoms with Gasteiger partial charge in [0, 0.05) is 12.8 Å². The second kappa shape index (κ2) is 6.82. The maximum absolute atomic E-state index is 12.1. The van der Waals surface area contributed by atoms with Gasteiger partial charge in [0.15, 0.2) is 0 Å². The second-order valence-corrected chi connectivity index (χ2v) is 7.04. The van der Waals surface area contributed by atoms with Crippen LogP contribution in [0.15, 0.2) is 42.5 Å². The Morgan fingerprint density at radius 3 is 2.39 bits per heavy atom. The molecule has 122 valence electrons. The van der Waals surface area contributed by atoms with Crippen LogP contribution in [-0.4, -0.2) is 23.0 Å². The minimum Gasteiger partial charge on any atom is -0.480 e. The molecule has 2 N–H and O–H groups in total. The Labute approximate surface area is 136 Å². The van der Waals surface area contributed by atoms with Crippen molar-refractivity contribution in [1.29, 1.82) is 0 Å². The third-order valence-corrected chi connectivity index (χ3v) is 3.63. The number of hydrogen-bond donors (Lipinski definition) is 2. The molecule has 0 aliphatic heterocycles. The average Bonchev–Trinajstić information content (AvgIpc) is 2.44. The minimum atomic E-state index is -1.01. The number of aliphatic carboxylic acids is 1. The maximum atomic E-state index is 12.1. The number of fused-ring (bicyclic) bond motifs is 1. The van der Waals surface area contributed by atoms with E-state index in [0.717, 1.165) is 16.3 Å². The number of hydrogen-bond acceptors (Lipinski definition) is 2. The van der Waals surface area contributed by atoms with E-state index in [0.29, 0.717) is 6.42 Å². The Bertz CT molecular complexity index is 711. The van der Waals surface area contributed by atoms with Crippen molar-refractivity contribution in [3.8, 4) is 0 Å². The van der Waals surface area contributed by atoms with E-state index >= 15 is 0 Å². The van der Waals surface area contributed by atoms with Crippen molar-refractivity contribution < 1.29 is 14.7 Å². The maximum Gasteiger partial charge on any atom is 0.326 e. The highest BCUT2D eigenvalue weighted by Gasteiger charge is 2.24. The number of carbonyl (C=O) groups excluding carboxylic acids is 1. The van der Waals surface area contributed by atoms with Crippen molar-refractivity contribution in [3.63, 3.8) is 0 Å². The Morgan fingerprint density at radius 2 is 1.74 bits per heavy atom. The number of benzene rings is 2. The first-order valence-corrected chi connectivity index (χ1v) is 7.75. The summed E-state index contributed by atoms with van der Waals surface area (Å²) in [4.78, 5) is 23.6. The second-order valence-electron chi connectivity index (χ2n) is 7.04. The molecular formula is C19H23NO3. The van der Waals surface area contributed by atoms with Gasteiger partial charge in [-0.15, -0.1) is 0 Å². The van der Waals surface area contributed by atoms with E-state index in [9.17, 15) is 14.7 Å². The van der Waals surface area contributed by atoms with Gasteiger partial charge in [-0.25, -0.2) is 4.79 Å². The van der Waals surface area contributed by atoms with Crippen LogP contribution >= 0.6 is 0 Å². The fourth-order valence-corrected chi connectivity index (χ4v) is 2.62. The summed E-state index contributed by atoms with van der Waals surface area (Å²) in [7, 11) is 0. The zero-order valence-electron chi connectivity index (χ0n) is 13.8. The predicted octanol–water partition coefficient (Wildman–Crippen LogP) is 3.39. The lowest BCUT2D eigenvalue weighted by Crippen LogP contribution is -2.43. The van der Waals surface area contributed by atoms with Crippen LogP contribution in [0.2, 0.25) is 0 Å². The lowest BCUT2D eigenvalue weighted by atomic mass is 9.91. The fourth-order valence-electron chi connectivity index (χ4n) is 2.62. The first kappa shape index (κ1) is 17.0. The quantitative estimate of drug-likeness (QED) is 0.889. The van der Waals surface area contributed by atoms with Crippen LogP contribution in [0.3, 0.4) is 0 Å². The molecule has 0 saturated heterocycles. The number of rotatable bonds is 5. The van der Waals surface area contributed by atoms with Gasteiger partial charge in [-0.1, -0.05) is 63.2 Å². The summed E-state index contributed by atoms with van der Waals surface area (Å²) in [6.07, 6.45) is 0.568. The third-order valence-electron chi connectivity index (χ3n) is 3.63. The molecule has 0 bridgehead atoms. The van der Waals surface area contributed by atoms with Crippen LogP contribution in [0.4, 0.5) is 0 Å². The van der Waals surface area contributed by atoms with Crippen molar-refractivity contribution >= 4 is 22.6 Å². The molecule has 23 heavy (non-hydrogen) atoms. The Morgan fingerprint density at radius 1 is 1.09 bits per heavy atom. The highest BCUT2D eigenvalue weighted by atomic mass is 16.4. The van der Waals surface area contributed by atoms with E-state index in [1.165, 1.54) is 0 Å². The summed E-state index contributed by atoms with van der Waals surface area (Å²) < 4.78 is 0. The van der Waals surface area contributed by atoms with Crippen LogP contribution < -0.4 is 5.32 Å². The van der Waals surface area contributed by atoms with Gasteiger partial charge in [0.1, 0.15) is 6.04 Å². The molecule has 0 fully saturated rings. The highest BCUT2D eigenvalue weighted by Crippen LogP contribution is 2.21. The Balaban J connectivity index is 2.19. The molecule has 4 heteroatoms. The molecule has 2 rings (SSSR count). The molecule has 1 amide bonds. The predicted molar refractivity (Wildman–Crippen MR) is 91.3 cm³/mol. The fraction of sp³-hybridized carbons (Fsp3) is 0.368. The standard InChI is InChI=1S/C19H23NO3/c1-19(2,3)12-17(21)20-16(18(22)23)11-14-9-6-8-13-7-4-5-10-15(13)14/h4-10,16H,11-12H2,1-3H3,(H,20,21)(H,22,23). The van der Waals surface area contributed by atoms with Gasteiger partial charge in [0.25, 0.3) is 0 Å². The smallest absolute Gasteiger partial charge is 0.326 e. The van der Waals surface area contributed by atoms with Crippen LogP contribution in [0.1, 0.15) is 32.8 Å². The van der Waals surface area contributed by atoms with Crippen LogP contribution in [0, 0.1) is 5.41 Å². The third kappa shape index (κ3) is 4.81. The van der Waals surface area contributed by atoms with Crippen LogP contribution in [0.5, 0.6) is 0 Å². The number of carboxylic acid groups (broad SMARTS) is 1. The monoisotopic (exact) mass is 313 g/mol. The number of carbonyl (C=O) groups is 2. The van der Waals surface area contributed by atoms with E-state index in [1.54, 1.807) is 0 Å². The molecule has 0 saturated carbocycles. The highest BCUT2D eigenvalue weighted by molar-refractivity contribution is 5.88. The summed E-state index contributed by atoms with van der Waals surface area (Å²) >= 11 is 0. The van der Waals surface area contributed by atoms with Gasteiger partial charge in [-0.3, -0.25) is 4.79 Å². The summed E-state index contributed by atoms with van der Waals surface area (Å²) in [5.41, 5.74) is 0.749. The zero-order valence-corrected chi connectivity index (χ0v) is 13.8. The van der Waals surface area contributed by atoms with Crippen LogP contribution in [0.25, 0.3) is 10.8 Å². The molecule has 4 nitrogen and oxygen atoms in total. The molecule has 0 spiro atoms. The Hall–Kier alpha value is -2.36. The Kier molecular flexibility index (Phi) is 5.04. The van der Waals surface area contributed by atoms with Gasteiger partial charge in [-0.05, 0) is 21.8 Å². The molecule has 2 aromatic carbocycles. The molecule has 0 aliphatic carbocycles. The summed E-state index contributed by atoms with van der Waals surface area (Å²) in [6, 6.07) is 12.7. The molecule has 0 heterocycles. The SMILES string of the molecule is CC(C)(C)CC(=O)NC(Cc1cccc2ccccc12)C(=O)O. The number of carboxylic acids is 1. The topological polar surface area (TPSA) is 66.4 Å². The minimum absolute atomic E-state index is 0.174. The van der Waals surface area contributed by atoms with E-state index in [4.69, 9.17) is 0 Å². The molecule has 2 aromatic rings. The molecule has 0 aliphatic rings. The molecular weight excluding hydrogens is 290 g/mol. The van der Waals surface area contributed by atoms with Crippen molar-refractivity contribution in [1.82, 2.24) is 5.32 Å². The van der Waals surface area contributed by atoms with Crippen molar-refractivity contribution in [3.05, 3.63) is 48.0 Å². The largest absolute Gasteiger partial charge is 0.480 e. The van der Waals surface area contributed by atoms with Gasteiger partial charge < -0.3 is 10.4 Å². The van der Waals surface area contributed by atoms with Crippen molar-refractivity contribution in [2.75, 3.05) is 0 Å². The van der Waals surface area contributed by atoms with E-state index in [1.807, 2.05) is 63.2 Å². The average molecular weight is 313 g/mol. The van der Waals surface area contributed by atoms with E-state index < -0.39 is 12.0 Å². The lowest BCUT2D eigenvalue weighted by Gasteiger charge is -2.20. The van der Waals surface area contributed by atoms with E-state index in [-0.39, 0.29) is 17.7 Å². The van der Waals surface area contributed by atoms with Crippen molar-refractivity contribution in [2.45, 2.75) is 39.7 Å². The summed E-state index contributed by atoms with van der Waals surface area (Å²) in [5.74, 6) is -1.25. The van der Waals surface area contributed by atoms with E-state index in [2.05, 4.69) is 5.32 Å². The molecule has 1 unspecified atom stereocenters. The lowest BCUT2D eigenvalue weighted by molar-refractivity contribution is -0.142. The molecule has 0 radical (unpaired) electrons. The molecule has 1 atom stereocenters. The molecule has 0 aromatic heterocycles. The van der Waals surface area contributed by atoms with Gasteiger partial charge in [-0.2, -0.15) is 0 Å². The van der Waals surface area contributed by atoms with Gasteiger partial charge >= 0.3 is 5.97 Å². The number of amides is 1. The number of nitrogens with one attached hydrogen (secondary N) is 1. The van der Waals surface area contributed by atoms with Gasteiger partial charge in [0.05, 0.1) is 0 Å². The first-order chi connectivity index (χ1) is 10.8. The summed E-state index contributed by atoms with van der Waals surface area (Å²) in [5, 5.41) is 14.2. The first-order valence-electron chi connectivity index (χ1n) is 7.75. The summed E-state index contributed by atoms with van der Waals surface area (Å²) in [6.45, 7) is 5.85. The van der Waals surface area contributed by atoms with Gasteiger partial charge in [0.2, 0.25) is 5.91 Å². The zero-order chi connectivity index (χ0) is 17.0. The normalized spacial score (nSPS) is 12.8. The van der Waals surface area contributed by atoms with Crippen LogP contribution in [-0.2, 0) is 16.0 Å². The van der Waals surface area contributed by atoms with Crippen molar-refractivity contribution in [2.24, 2.45) is 5.41 Å².